The highest BCUT2D eigenvalue weighted by molar-refractivity contribution is 5.86. The van der Waals surface area contributed by atoms with Crippen LogP contribution in [-0.2, 0) is 4.79 Å². The first-order valence-corrected chi connectivity index (χ1v) is 6.40. The summed E-state index contributed by atoms with van der Waals surface area (Å²) in [6, 6.07) is 0. The summed E-state index contributed by atoms with van der Waals surface area (Å²) in [5, 5.41) is 12.8. The van der Waals surface area contributed by atoms with Gasteiger partial charge in [-0.2, -0.15) is 0 Å². The van der Waals surface area contributed by atoms with Gasteiger partial charge in [-0.25, -0.2) is 0 Å². The quantitative estimate of drug-likeness (QED) is 0.721. The number of aliphatic hydroxyl groups excluding tert-OH is 1. The Morgan fingerprint density at radius 2 is 2.19 bits per heavy atom. The number of carbonyl (C=O) groups excluding carboxylic acids is 1. The molecule has 4 heteroatoms. The first kappa shape index (κ1) is 11.9. The van der Waals surface area contributed by atoms with Gasteiger partial charge in [-0.05, 0) is 38.6 Å². The van der Waals surface area contributed by atoms with E-state index in [0.717, 1.165) is 38.6 Å². The molecule has 4 nitrogen and oxygen atoms in total. The van der Waals surface area contributed by atoms with Crippen LogP contribution in [0.15, 0.2) is 0 Å². The van der Waals surface area contributed by atoms with Gasteiger partial charge in [0.15, 0.2) is 0 Å². The number of carbonyl (C=O) groups is 1. The molecule has 2 rings (SSSR count). The Balaban J connectivity index is 2.00. The van der Waals surface area contributed by atoms with Crippen LogP contribution in [0.1, 0.15) is 39.0 Å². The van der Waals surface area contributed by atoms with Crippen LogP contribution in [0.3, 0.4) is 0 Å². The summed E-state index contributed by atoms with van der Waals surface area (Å²) in [6.07, 6.45) is 4.16. The van der Waals surface area contributed by atoms with Crippen molar-refractivity contribution in [2.75, 3.05) is 19.6 Å². The van der Waals surface area contributed by atoms with Crippen LogP contribution in [0.2, 0.25) is 0 Å². The van der Waals surface area contributed by atoms with Crippen molar-refractivity contribution >= 4 is 5.91 Å². The lowest BCUT2D eigenvalue weighted by Crippen LogP contribution is -2.56. The van der Waals surface area contributed by atoms with Gasteiger partial charge in [-0.15, -0.1) is 0 Å². The second-order valence-corrected chi connectivity index (χ2v) is 4.99. The van der Waals surface area contributed by atoms with Gasteiger partial charge in [0.2, 0.25) is 5.91 Å². The molecule has 0 spiro atoms. The Kier molecular flexibility index (Phi) is 3.50. The maximum absolute atomic E-state index is 12.4. The molecule has 1 amide bonds. The highest BCUT2D eigenvalue weighted by atomic mass is 16.3. The van der Waals surface area contributed by atoms with Gasteiger partial charge < -0.3 is 15.3 Å². The Morgan fingerprint density at radius 1 is 1.50 bits per heavy atom. The van der Waals surface area contributed by atoms with E-state index in [9.17, 15) is 9.90 Å². The zero-order valence-electron chi connectivity index (χ0n) is 10.0. The average molecular weight is 226 g/mol. The average Bonchev–Trinajstić information content (AvgIpc) is 2.79. The molecule has 2 heterocycles. The predicted molar refractivity (Wildman–Crippen MR) is 62.1 cm³/mol. The van der Waals surface area contributed by atoms with E-state index < -0.39 is 0 Å². The number of likely N-dealkylation sites (tertiary alicyclic amines) is 1. The molecule has 0 saturated carbocycles. The molecule has 1 unspecified atom stereocenters. The Hall–Kier alpha value is -0.610. The van der Waals surface area contributed by atoms with E-state index in [2.05, 4.69) is 12.2 Å². The third-order valence-electron chi connectivity index (χ3n) is 4.01. The summed E-state index contributed by atoms with van der Waals surface area (Å²) in [7, 11) is 0. The maximum Gasteiger partial charge on any atom is 0.242 e. The van der Waals surface area contributed by atoms with E-state index in [0.29, 0.717) is 13.1 Å². The van der Waals surface area contributed by atoms with Crippen molar-refractivity contribution in [3.05, 3.63) is 0 Å². The van der Waals surface area contributed by atoms with Gasteiger partial charge in [0.05, 0.1) is 11.6 Å². The van der Waals surface area contributed by atoms with Crippen molar-refractivity contribution in [1.29, 1.82) is 0 Å². The number of amides is 1. The van der Waals surface area contributed by atoms with Crippen molar-refractivity contribution in [2.24, 2.45) is 0 Å². The second-order valence-electron chi connectivity index (χ2n) is 4.99. The normalized spacial score (nSPS) is 32.0. The molecule has 2 fully saturated rings. The number of hydrogen-bond donors (Lipinski definition) is 2. The summed E-state index contributed by atoms with van der Waals surface area (Å²) in [5.41, 5.74) is -0.303. The minimum atomic E-state index is -0.303. The number of hydrogen-bond acceptors (Lipinski definition) is 3. The topological polar surface area (TPSA) is 52.6 Å². The Bertz CT molecular complexity index is 254. The van der Waals surface area contributed by atoms with E-state index in [1.807, 2.05) is 4.90 Å². The molecule has 0 aromatic heterocycles. The van der Waals surface area contributed by atoms with Crippen LogP contribution in [0.4, 0.5) is 0 Å². The highest BCUT2D eigenvalue weighted by Gasteiger charge is 2.42. The third-order valence-corrected chi connectivity index (χ3v) is 4.01. The molecule has 1 atom stereocenters. The van der Waals surface area contributed by atoms with Gasteiger partial charge in [-0.3, -0.25) is 4.79 Å². The van der Waals surface area contributed by atoms with Gasteiger partial charge in [-0.1, -0.05) is 6.92 Å². The minimum Gasteiger partial charge on any atom is -0.393 e. The number of nitrogens with one attached hydrogen (secondary N) is 1. The predicted octanol–water partition coefficient (Wildman–Crippen LogP) is 0.502. The van der Waals surface area contributed by atoms with Crippen LogP contribution >= 0.6 is 0 Å². The molecule has 0 bridgehead atoms. The van der Waals surface area contributed by atoms with Crippen LogP contribution < -0.4 is 5.32 Å². The summed E-state index contributed by atoms with van der Waals surface area (Å²) < 4.78 is 0. The van der Waals surface area contributed by atoms with Crippen LogP contribution in [0.25, 0.3) is 0 Å². The fourth-order valence-corrected chi connectivity index (χ4v) is 2.81. The number of piperidine rings is 1. The summed E-state index contributed by atoms with van der Waals surface area (Å²) >= 11 is 0. The molecule has 2 aliphatic heterocycles. The SMILES string of the molecule is CCC1(C(=O)N2CCC(O)CC2)CCCN1. The first-order chi connectivity index (χ1) is 7.68. The maximum atomic E-state index is 12.4. The van der Waals surface area contributed by atoms with E-state index in [4.69, 9.17) is 0 Å². The molecular weight excluding hydrogens is 204 g/mol. The Labute approximate surface area is 97.0 Å². The van der Waals surface area contributed by atoms with E-state index in [1.165, 1.54) is 0 Å². The van der Waals surface area contributed by atoms with Gasteiger partial charge in [0.1, 0.15) is 0 Å². The molecule has 2 aliphatic rings. The molecule has 2 saturated heterocycles. The second kappa shape index (κ2) is 4.72. The molecule has 16 heavy (non-hydrogen) atoms. The van der Waals surface area contributed by atoms with Crippen molar-refractivity contribution in [1.82, 2.24) is 10.2 Å². The monoisotopic (exact) mass is 226 g/mol. The van der Waals surface area contributed by atoms with Crippen molar-refractivity contribution in [2.45, 2.75) is 50.7 Å². The standard InChI is InChI=1S/C12H22N2O2/c1-2-12(6-3-7-13-12)11(16)14-8-4-10(15)5-9-14/h10,13,15H,2-9H2,1H3. The van der Waals surface area contributed by atoms with E-state index in [-0.39, 0.29) is 17.6 Å². The summed E-state index contributed by atoms with van der Waals surface area (Å²) in [6.45, 7) is 4.46. The lowest BCUT2D eigenvalue weighted by Gasteiger charge is -2.37. The number of nitrogens with zero attached hydrogens (tertiary/aromatic N) is 1. The van der Waals surface area contributed by atoms with Crippen LogP contribution in [0, 0.1) is 0 Å². The first-order valence-electron chi connectivity index (χ1n) is 6.40. The third kappa shape index (κ3) is 2.09. The van der Waals surface area contributed by atoms with E-state index in [1.54, 1.807) is 0 Å². The zero-order valence-corrected chi connectivity index (χ0v) is 10.0. The van der Waals surface area contributed by atoms with E-state index >= 15 is 0 Å². The largest absolute Gasteiger partial charge is 0.393 e. The van der Waals surface area contributed by atoms with Crippen LogP contribution in [0.5, 0.6) is 0 Å². The molecule has 0 radical (unpaired) electrons. The smallest absolute Gasteiger partial charge is 0.242 e. The molecule has 2 N–H and O–H groups in total. The molecule has 0 aliphatic carbocycles. The Morgan fingerprint density at radius 3 is 2.69 bits per heavy atom. The molecule has 0 aromatic carbocycles. The van der Waals surface area contributed by atoms with Crippen LogP contribution in [-0.4, -0.2) is 47.2 Å². The fraction of sp³-hybridized carbons (Fsp3) is 0.917. The number of rotatable bonds is 2. The fourth-order valence-electron chi connectivity index (χ4n) is 2.81. The van der Waals surface area contributed by atoms with Gasteiger partial charge in [0, 0.05) is 13.1 Å². The van der Waals surface area contributed by atoms with Gasteiger partial charge >= 0.3 is 0 Å². The highest BCUT2D eigenvalue weighted by Crippen LogP contribution is 2.26. The molecule has 0 aromatic rings. The summed E-state index contributed by atoms with van der Waals surface area (Å²) in [4.78, 5) is 14.4. The zero-order chi connectivity index (χ0) is 11.6. The molecule has 92 valence electrons. The van der Waals surface area contributed by atoms with Gasteiger partial charge in [0.25, 0.3) is 0 Å². The molecular formula is C12H22N2O2. The van der Waals surface area contributed by atoms with Crippen molar-refractivity contribution in [3.63, 3.8) is 0 Å². The lowest BCUT2D eigenvalue weighted by atomic mass is 9.91. The lowest BCUT2D eigenvalue weighted by molar-refractivity contribution is -0.140. The van der Waals surface area contributed by atoms with Crippen molar-refractivity contribution < 1.29 is 9.90 Å². The number of aliphatic hydroxyl groups is 1. The summed E-state index contributed by atoms with van der Waals surface area (Å²) in [5.74, 6) is 0.249. The minimum absolute atomic E-state index is 0.210. The van der Waals surface area contributed by atoms with Crippen molar-refractivity contribution in [3.8, 4) is 0 Å².